The maximum Gasteiger partial charge on any atom is 0.0456 e. The van der Waals surface area contributed by atoms with E-state index in [0.717, 1.165) is 9.80 Å². The predicted octanol–water partition coefficient (Wildman–Crippen LogP) is 4.81. The number of hydrogen-bond acceptors (Lipinski definition) is 1. The molecule has 0 aromatic heterocycles. The summed E-state index contributed by atoms with van der Waals surface area (Å²) in [4.78, 5) is 0. The minimum Gasteiger partial charge on any atom is -0.321 e. The standard InChI is InChI=1S/C14H21Br2N/c1-9(2)14(17,10(3)4)12-5-6-13(16)11(7-12)8-15/h5-7,9-10H,8,17H2,1-4H3. The number of benzene rings is 1. The van der Waals surface area contributed by atoms with Gasteiger partial charge in [-0.3, -0.25) is 0 Å². The molecule has 1 aromatic carbocycles. The summed E-state index contributed by atoms with van der Waals surface area (Å²) >= 11 is 7.07. The van der Waals surface area contributed by atoms with Gasteiger partial charge in [0.05, 0.1) is 0 Å². The molecule has 0 saturated heterocycles. The summed E-state index contributed by atoms with van der Waals surface area (Å²) in [5.41, 5.74) is 8.85. The van der Waals surface area contributed by atoms with Crippen molar-refractivity contribution in [3.05, 3.63) is 33.8 Å². The van der Waals surface area contributed by atoms with Gasteiger partial charge in [-0.05, 0) is 29.0 Å². The van der Waals surface area contributed by atoms with Gasteiger partial charge in [-0.1, -0.05) is 71.7 Å². The normalized spacial score (nSPS) is 12.5. The average molecular weight is 363 g/mol. The van der Waals surface area contributed by atoms with Crippen LogP contribution in [0.3, 0.4) is 0 Å². The van der Waals surface area contributed by atoms with E-state index in [1.807, 2.05) is 0 Å². The molecule has 0 aliphatic rings. The molecule has 1 aromatic rings. The van der Waals surface area contributed by atoms with Crippen molar-refractivity contribution < 1.29 is 0 Å². The van der Waals surface area contributed by atoms with Crippen LogP contribution >= 0.6 is 31.9 Å². The molecule has 1 nitrogen and oxygen atoms in total. The second-order valence-corrected chi connectivity index (χ2v) is 6.60. The molecule has 0 heterocycles. The van der Waals surface area contributed by atoms with E-state index in [1.54, 1.807) is 0 Å². The summed E-state index contributed by atoms with van der Waals surface area (Å²) in [5, 5.41) is 0.841. The van der Waals surface area contributed by atoms with E-state index in [4.69, 9.17) is 5.73 Å². The Morgan fingerprint density at radius 3 is 2.12 bits per heavy atom. The Morgan fingerprint density at radius 1 is 1.18 bits per heavy atom. The van der Waals surface area contributed by atoms with Crippen LogP contribution < -0.4 is 5.73 Å². The Morgan fingerprint density at radius 2 is 1.71 bits per heavy atom. The van der Waals surface area contributed by atoms with Gasteiger partial charge in [0.2, 0.25) is 0 Å². The smallest absolute Gasteiger partial charge is 0.0456 e. The lowest BCUT2D eigenvalue weighted by Gasteiger charge is -2.38. The molecule has 0 saturated carbocycles. The summed E-state index contributed by atoms with van der Waals surface area (Å²) in [6.07, 6.45) is 0. The SMILES string of the molecule is CC(C)C(N)(c1ccc(Br)c(CBr)c1)C(C)C. The molecule has 0 aliphatic carbocycles. The fraction of sp³-hybridized carbons (Fsp3) is 0.571. The van der Waals surface area contributed by atoms with Crippen LogP contribution in [0.2, 0.25) is 0 Å². The van der Waals surface area contributed by atoms with Crippen molar-refractivity contribution in [2.75, 3.05) is 0 Å². The third kappa shape index (κ3) is 2.94. The van der Waals surface area contributed by atoms with Crippen LogP contribution in [0.25, 0.3) is 0 Å². The summed E-state index contributed by atoms with van der Waals surface area (Å²) in [6.45, 7) is 8.76. The monoisotopic (exact) mass is 361 g/mol. The molecule has 0 fully saturated rings. The second-order valence-electron chi connectivity index (χ2n) is 5.18. The Hall–Kier alpha value is 0.140. The van der Waals surface area contributed by atoms with Gasteiger partial charge in [0.25, 0.3) is 0 Å². The summed E-state index contributed by atoms with van der Waals surface area (Å²) in [7, 11) is 0. The van der Waals surface area contributed by atoms with Gasteiger partial charge in [0.1, 0.15) is 0 Å². The lowest BCUT2D eigenvalue weighted by molar-refractivity contribution is 0.227. The zero-order chi connectivity index (χ0) is 13.2. The first-order valence-corrected chi connectivity index (χ1v) is 7.89. The lowest BCUT2D eigenvalue weighted by atomic mass is 9.72. The van der Waals surface area contributed by atoms with Crippen molar-refractivity contribution in [3.63, 3.8) is 0 Å². The van der Waals surface area contributed by atoms with Crippen molar-refractivity contribution in [1.82, 2.24) is 0 Å². The molecule has 0 spiro atoms. The maximum absolute atomic E-state index is 6.65. The molecule has 0 bridgehead atoms. The van der Waals surface area contributed by atoms with Gasteiger partial charge in [-0.2, -0.15) is 0 Å². The van der Waals surface area contributed by atoms with E-state index in [2.05, 4.69) is 77.8 Å². The Kier molecular flexibility index (Phi) is 5.23. The molecule has 1 rings (SSSR count). The number of alkyl halides is 1. The molecular weight excluding hydrogens is 342 g/mol. The highest BCUT2D eigenvalue weighted by molar-refractivity contribution is 9.10. The molecule has 96 valence electrons. The molecule has 17 heavy (non-hydrogen) atoms. The molecule has 0 atom stereocenters. The molecule has 0 radical (unpaired) electrons. The molecule has 0 unspecified atom stereocenters. The van der Waals surface area contributed by atoms with Crippen LogP contribution in [0.1, 0.15) is 38.8 Å². The third-order valence-corrected chi connectivity index (χ3v) is 4.98. The summed E-state index contributed by atoms with van der Waals surface area (Å²) in [5.74, 6) is 0.818. The highest BCUT2D eigenvalue weighted by atomic mass is 79.9. The molecule has 3 heteroatoms. The minimum absolute atomic E-state index is 0.266. The molecular formula is C14H21Br2N. The van der Waals surface area contributed by atoms with E-state index < -0.39 is 0 Å². The lowest BCUT2D eigenvalue weighted by Crippen LogP contribution is -2.46. The van der Waals surface area contributed by atoms with Crippen molar-refractivity contribution in [2.45, 2.75) is 38.6 Å². The minimum atomic E-state index is -0.266. The predicted molar refractivity (Wildman–Crippen MR) is 82.3 cm³/mol. The van der Waals surface area contributed by atoms with Gasteiger partial charge in [-0.15, -0.1) is 0 Å². The number of rotatable bonds is 4. The van der Waals surface area contributed by atoms with E-state index in [9.17, 15) is 0 Å². The summed E-state index contributed by atoms with van der Waals surface area (Å²) in [6, 6.07) is 6.44. The van der Waals surface area contributed by atoms with E-state index in [1.165, 1.54) is 11.1 Å². The number of nitrogens with two attached hydrogens (primary N) is 1. The van der Waals surface area contributed by atoms with Gasteiger partial charge < -0.3 is 5.73 Å². The first-order chi connectivity index (χ1) is 7.83. The maximum atomic E-state index is 6.65. The van der Waals surface area contributed by atoms with Gasteiger partial charge in [0, 0.05) is 15.3 Å². The van der Waals surface area contributed by atoms with E-state index in [0.29, 0.717) is 11.8 Å². The first kappa shape index (κ1) is 15.2. The van der Waals surface area contributed by atoms with Crippen LogP contribution in [-0.4, -0.2) is 0 Å². The Labute approximate surface area is 121 Å². The molecule has 2 N–H and O–H groups in total. The van der Waals surface area contributed by atoms with Gasteiger partial charge >= 0.3 is 0 Å². The van der Waals surface area contributed by atoms with Crippen LogP contribution in [0.4, 0.5) is 0 Å². The highest BCUT2D eigenvalue weighted by Gasteiger charge is 2.34. The fourth-order valence-corrected chi connectivity index (χ4v) is 3.51. The average Bonchev–Trinajstić information content (AvgIpc) is 2.28. The largest absolute Gasteiger partial charge is 0.321 e. The van der Waals surface area contributed by atoms with E-state index in [-0.39, 0.29) is 5.54 Å². The zero-order valence-electron chi connectivity index (χ0n) is 10.9. The van der Waals surface area contributed by atoms with Crippen molar-refractivity contribution >= 4 is 31.9 Å². The third-order valence-electron chi connectivity index (χ3n) is 3.60. The van der Waals surface area contributed by atoms with Crippen LogP contribution in [-0.2, 0) is 10.9 Å². The summed E-state index contributed by atoms with van der Waals surface area (Å²) < 4.78 is 1.13. The molecule has 0 amide bonds. The quantitative estimate of drug-likeness (QED) is 0.764. The topological polar surface area (TPSA) is 26.0 Å². The van der Waals surface area contributed by atoms with Crippen LogP contribution in [0.15, 0.2) is 22.7 Å². The highest BCUT2D eigenvalue weighted by Crippen LogP contribution is 2.36. The Bertz CT molecular complexity index is 378. The van der Waals surface area contributed by atoms with Crippen molar-refractivity contribution in [2.24, 2.45) is 17.6 Å². The van der Waals surface area contributed by atoms with Gasteiger partial charge in [0.15, 0.2) is 0 Å². The fourth-order valence-electron chi connectivity index (χ4n) is 2.28. The van der Waals surface area contributed by atoms with Crippen molar-refractivity contribution in [1.29, 1.82) is 0 Å². The van der Waals surface area contributed by atoms with Crippen LogP contribution in [0.5, 0.6) is 0 Å². The second kappa shape index (κ2) is 5.85. The van der Waals surface area contributed by atoms with Gasteiger partial charge in [-0.25, -0.2) is 0 Å². The van der Waals surface area contributed by atoms with E-state index >= 15 is 0 Å². The van der Waals surface area contributed by atoms with Crippen LogP contribution in [0, 0.1) is 11.8 Å². The number of hydrogen-bond donors (Lipinski definition) is 1. The first-order valence-electron chi connectivity index (χ1n) is 5.97. The number of halogens is 2. The van der Waals surface area contributed by atoms with Crippen molar-refractivity contribution in [3.8, 4) is 0 Å². The Balaban J connectivity index is 3.30. The molecule has 0 aliphatic heterocycles. The zero-order valence-corrected chi connectivity index (χ0v) is 14.1.